The molecule has 6 heteroatoms. The van der Waals surface area contributed by atoms with Crippen LogP contribution in [0, 0.1) is 6.92 Å². The summed E-state index contributed by atoms with van der Waals surface area (Å²) in [7, 11) is 0. The van der Waals surface area contributed by atoms with Gasteiger partial charge in [0, 0.05) is 20.4 Å². The smallest absolute Gasteiger partial charge is 0.250 e. The molecular formula is C19H16BrN3OS. The Labute approximate surface area is 158 Å². The Morgan fingerprint density at radius 2 is 2.08 bits per heavy atom. The van der Waals surface area contributed by atoms with Crippen LogP contribution in [0.25, 0.3) is 10.9 Å². The minimum absolute atomic E-state index is 0.144. The number of aromatic nitrogens is 1. The van der Waals surface area contributed by atoms with Crippen molar-refractivity contribution in [3.8, 4) is 0 Å². The van der Waals surface area contributed by atoms with Crippen molar-refractivity contribution >= 4 is 50.7 Å². The van der Waals surface area contributed by atoms with Gasteiger partial charge < -0.3 is 0 Å². The van der Waals surface area contributed by atoms with Gasteiger partial charge in [-0.3, -0.25) is 9.78 Å². The first-order chi connectivity index (χ1) is 12.1. The van der Waals surface area contributed by atoms with E-state index in [9.17, 15) is 4.79 Å². The van der Waals surface area contributed by atoms with Gasteiger partial charge in [0.1, 0.15) is 0 Å². The van der Waals surface area contributed by atoms with Gasteiger partial charge in [0.15, 0.2) is 0 Å². The minimum Gasteiger partial charge on any atom is -0.272 e. The number of hydrazone groups is 1. The number of aryl methyl sites for hydroxylation is 1. The quantitative estimate of drug-likeness (QED) is 0.379. The molecule has 25 heavy (non-hydrogen) atoms. The van der Waals surface area contributed by atoms with Crippen molar-refractivity contribution in [2.24, 2.45) is 5.10 Å². The van der Waals surface area contributed by atoms with Gasteiger partial charge >= 0.3 is 0 Å². The highest BCUT2D eigenvalue weighted by Crippen LogP contribution is 2.27. The molecule has 2 aromatic carbocycles. The topological polar surface area (TPSA) is 54.4 Å². The number of halogens is 1. The van der Waals surface area contributed by atoms with Crippen molar-refractivity contribution in [2.75, 3.05) is 5.75 Å². The number of hydrogen-bond donors (Lipinski definition) is 1. The van der Waals surface area contributed by atoms with E-state index in [1.165, 1.54) is 11.8 Å². The summed E-state index contributed by atoms with van der Waals surface area (Å²) in [6.45, 7) is 1.96. The van der Waals surface area contributed by atoms with Gasteiger partial charge in [0.05, 0.1) is 17.5 Å². The Balaban J connectivity index is 1.61. The Morgan fingerprint density at radius 3 is 2.92 bits per heavy atom. The number of carbonyl (C=O) groups excluding carboxylic acids is 1. The van der Waals surface area contributed by atoms with Gasteiger partial charge in [-0.1, -0.05) is 46.3 Å². The first kappa shape index (κ1) is 17.6. The van der Waals surface area contributed by atoms with Gasteiger partial charge in [-0.05, 0) is 36.8 Å². The minimum atomic E-state index is -0.144. The van der Waals surface area contributed by atoms with Crippen molar-refractivity contribution in [1.82, 2.24) is 10.4 Å². The number of benzene rings is 2. The largest absolute Gasteiger partial charge is 0.272 e. The van der Waals surface area contributed by atoms with Gasteiger partial charge in [0.25, 0.3) is 0 Å². The van der Waals surface area contributed by atoms with Gasteiger partial charge in [-0.2, -0.15) is 5.10 Å². The van der Waals surface area contributed by atoms with Crippen molar-refractivity contribution in [2.45, 2.75) is 11.8 Å². The van der Waals surface area contributed by atoms with Crippen LogP contribution in [-0.4, -0.2) is 22.9 Å². The monoisotopic (exact) mass is 413 g/mol. The van der Waals surface area contributed by atoms with Crippen molar-refractivity contribution in [3.63, 3.8) is 0 Å². The zero-order valence-corrected chi connectivity index (χ0v) is 16.0. The summed E-state index contributed by atoms with van der Waals surface area (Å²) in [5, 5.41) is 5.06. The highest BCUT2D eigenvalue weighted by molar-refractivity contribution is 9.10. The lowest BCUT2D eigenvalue weighted by Crippen LogP contribution is -2.19. The summed E-state index contributed by atoms with van der Waals surface area (Å²) >= 11 is 4.89. The number of hydrogen-bond acceptors (Lipinski definition) is 4. The Bertz CT molecular complexity index is 943. The molecule has 1 aromatic heterocycles. The normalized spacial score (nSPS) is 11.1. The van der Waals surface area contributed by atoms with E-state index in [1.54, 1.807) is 6.21 Å². The number of fused-ring (bicyclic) bond motifs is 1. The summed E-state index contributed by atoms with van der Waals surface area (Å²) in [6.07, 6.45) is 1.62. The van der Waals surface area contributed by atoms with Crippen LogP contribution in [0.1, 0.15) is 11.3 Å². The Morgan fingerprint density at radius 1 is 1.24 bits per heavy atom. The van der Waals surface area contributed by atoms with E-state index in [-0.39, 0.29) is 5.91 Å². The number of nitrogens with one attached hydrogen (secondary N) is 1. The van der Waals surface area contributed by atoms with Gasteiger partial charge in [-0.15, -0.1) is 11.8 Å². The van der Waals surface area contributed by atoms with E-state index in [0.717, 1.165) is 31.5 Å². The van der Waals surface area contributed by atoms with Crippen molar-refractivity contribution in [3.05, 3.63) is 70.3 Å². The molecule has 0 aliphatic rings. The molecular weight excluding hydrogens is 398 g/mol. The van der Waals surface area contributed by atoms with E-state index < -0.39 is 0 Å². The van der Waals surface area contributed by atoms with Crippen LogP contribution in [0.3, 0.4) is 0 Å². The summed E-state index contributed by atoms with van der Waals surface area (Å²) < 4.78 is 0.971. The van der Waals surface area contributed by atoms with Crippen LogP contribution < -0.4 is 5.43 Å². The summed E-state index contributed by atoms with van der Waals surface area (Å²) in [5.74, 6) is 0.151. The molecule has 0 atom stereocenters. The van der Waals surface area contributed by atoms with Crippen LogP contribution in [0.4, 0.5) is 0 Å². The molecule has 0 aliphatic carbocycles. The van der Waals surface area contributed by atoms with Crippen LogP contribution in [0.5, 0.6) is 0 Å². The van der Waals surface area contributed by atoms with E-state index in [4.69, 9.17) is 0 Å². The van der Waals surface area contributed by atoms with E-state index in [2.05, 4.69) is 31.4 Å². The van der Waals surface area contributed by atoms with Gasteiger partial charge in [0.2, 0.25) is 5.91 Å². The highest BCUT2D eigenvalue weighted by Gasteiger charge is 2.07. The molecule has 1 N–H and O–H groups in total. The lowest BCUT2D eigenvalue weighted by atomic mass is 10.2. The first-order valence-electron chi connectivity index (χ1n) is 7.68. The highest BCUT2D eigenvalue weighted by atomic mass is 79.9. The average Bonchev–Trinajstić information content (AvgIpc) is 2.59. The fraction of sp³-hybridized carbons (Fsp3) is 0.105. The number of thioether (sulfide) groups is 1. The molecule has 3 rings (SSSR count). The third-order valence-corrected chi connectivity index (χ3v) is 4.97. The molecule has 3 aromatic rings. The standard InChI is InChI=1S/C19H16BrN3OS/c1-13-9-18(16-7-2-3-8-17(16)22-13)25-12-19(24)23-21-11-14-5-4-6-15(20)10-14/h2-11H,12H2,1H3,(H,23,24). The van der Waals surface area contributed by atoms with E-state index in [0.29, 0.717) is 5.75 Å². The molecule has 0 saturated carbocycles. The molecule has 0 aliphatic heterocycles. The lowest BCUT2D eigenvalue weighted by molar-refractivity contribution is -0.118. The molecule has 1 heterocycles. The maximum atomic E-state index is 12.0. The van der Waals surface area contributed by atoms with E-state index >= 15 is 0 Å². The maximum Gasteiger partial charge on any atom is 0.250 e. The second-order valence-electron chi connectivity index (χ2n) is 5.42. The summed E-state index contributed by atoms with van der Waals surface area (Å²) in [6, 6.07) is 17.6. The molecule has 126 valence electrons. The molecule has 0 unspecified atom stereocenters. The third kappa shape index (κ3) is 4.90. The number of carbonyl (C=O) groups is 1. The van der Waals surface area contributed by atoms with Gasteiger partial charge in [-0.25, -0.2) is 5.43 Å². The zero-order valence-electron chi connectivity index (χ0n) is 13.6. The molecule has 1 amide bonds. The maximum absolute atomic E-state index is 12.0. The molecule has 0 spiro atoms. The number of amides is 1. The molecule has 0 bridgehead atoms. The number of nitrogens with zero attached hydrogens (tertiary/aromatic N) is 2. The molecule has 0 saturated heterocycles. The SMILES string of the molecule is Cc1cc(SCC(=O)NN=Cc2cccc(Br)c2)c2ccccc2n1. The number of pyridine rings is 1. The van der Waals surface area contributed by atoms with Crippen LogP contribution in [0.2, 0.25) is 0 Å². The van der Waals surface area contributed by atoms with Crippen molar-refractivity contribution < 1.29 is 4.79 Å². The predicted molar refractivity (Wildman–Crippen MR) is 107 cm³/mol. The first-order valence-corrected chi connectivity index (χ1v) is 9.46. The average molecular weight is 414 g/mol. The Kier molecular flexibility index (Phi) is 5.83. The van der Waals surface area contributed by atoms with Crippen LogP contribution in [0.15, 0.2) is 69.1 Å². The lowest BCUT2D eigenvalue weighted by Gasteiger charge is -2.07. The molecule has 0 radical (unpaired) electrons. The molecule has 0 fully saturated rings. The fourth-order valence-electron chi connectivity index (χ4n) is 2.33. The second-order valence-corrected chi connectivity index (χ2v) is 7.35. The zero-order chi connectivity index (χ0) is 17.6. The molecule has 4 nitrogen and oxygen atoms in total. The summed E-state index contributed by atoms with van der Waals surface area (Å²) in [4.78, 5) is 17.6. The summed E-state index contributed by atoms with van der Waals surface area (Å²) in [5.41, 5.74) is 5.36. The third-order valence-electron chi connectivity index (χ3n) is 3.42. The number of para-hydroxylation sites is 1. The number of rotatable bonds is 5. The van der Waals surface area contributed by atoms with Crippen LogP contribution in [-0.2, 0) is 4.79 Å². The van der Waals surface area contributed by atoms with E-state index in [1.807, 2.05) is 61.5 Å². The van der Waals surface area contributed by atoms with Crippen molar-refractivity contribution in [1.29, 1.82) is 0 Å². The fourth-order valence-corrected chi connectivity index (χ4v) is 3.68. The Hall–Kier alpha value is -2.18. The predicted octanol–water partition coefficient (Wildman–Crippen LogP) is 4.55. The van der Waals surface area contributed by atoms with Crippen LogP contribution >= 0.6 is 27.7 Å². The second kappa shape index (κ2) is 8.27.